The molecule has 0 fully saturated rings. The Bertz CT molecular complexity index is 1000. The first-order chi connectivity index (χ1) is 14.5. The van der Waals surface area contributed by atoms with E-state index in [9.17, 15) is 4.39 Å². The Morgan fingerprint density at radius 3 is 2.77 bits per heavy atom. The van der Waals surface area contributed by atoms with E-state index in [0.717, 1.165) is 45.7 Å². The molecule has 0 aromatic heterocycles. The second-order valence-electron chi connectivity index (χ2n) is 6.93. The highest BCUT2D eigenvalue weighted by molar-refractivity contribution is 8.00. The fraction of sp³-hybridized carbons (Fsp3) is 0.261. The van der Waals surface area contributed by atoms with Gasteiger partial charge < -0.3 is 25.1 Å². The van der Waals surface area contributed by atoms with Gasteiger partial charge in [0.15, 0.2) is 5.82 Å². The Morgan fingerprint density at radius 1 is 1.30 bits per heavy atom. The zero-order chi connectivity index (χ0) is 21.7. The fourth-order valence-corrected chi connectivity index (χ4v) is 3.95. The van der Waals surface area contributed by atoms with E-state index in [0.29, 0.717) is 11.4 Å². The highest BCUT2D eigenvalue weighted by Crippen LogP contribution is 2.39. The topological polar surface area (TPSA) is 60.4 Å². The van der Waals surface area contributed by atoms with Crippen molar-refractivity contribution < 1.29 is 9.13 Å². The Hall–Kier alpha value is -2.93. The summed E-state index contributed by atoms with van der Waals surface area (Å²) in [6.07, 6.45) is 5.19. The van der Waals surface area contributed by atoms with Crippen LogP contribution in [0, 0.1) is 11.2 Å². The largest absolute Gasteiger partial charge is 0.496 e. The first kappa shape index (κ1) is 21.8. The summed E-state index contributed by atoms with van der Waals surface area (Å²) >= 11 is 1.45. The predicted octanol–water partition coefficient (Wildman–Crippen LogP) is 4.96. The summed E-state index contributed by atoms with van der Waals surface area (Å²) in [5.74, 6) is 0.955. The van der Waals surface area contributed by atoms with E-state index in [1.54, 1.807) is 19.4 Å². The normalized spacial score (nSPS) is 13.4. The number of rotatable bonds is 8. The molecular weight excluding hydrogens is 399 g/mol. The lowest BCUT2D eigenvalue weighted by Gasteiger charge is -2.27. The first-order valence-corrected chi connectivity index (χ1v) is 10.7. The second kappa shape index (κ2) is 9.71. The number of anilines is 1. The van der Waals surface area contributed by atoms with E-state index in [1.165, 1.54) is 24.2 Å². The van der Waals surface area contributed by atoms with E-state index < -0.39 is 0 Å². The average molecular weight is 427 g/mol. The van der Waals surface area contributed by atoms with Crippen molar-refractivity contribution in [3.8, 4) is 5.75 Å². The molecule has 30 heavy (non-hydrogen) atoms. The quantitative estimate of drug-likeness (QED) is 0.411. The third-order valence-electron chi connectivity index (χ3n) is 4.86. The van der Waals surface area contributed by atoms with Crippen molar-refractivity contribution in [3.63, 3.8) is 0 Å². The summed E-state index contributed by atoms with van der Waals surface area (Å²) in [5.41, 5.74) is 6.14. The molecule has 7 heteroatoms. The molecule has 5 nitrogen and oxygen atoms in total. The Balaban J connectivity index is 2.17. The van der Waals surface area contributed by atoms with E-state index in [2.05, 4.69) is 33.3 Å². The van der Waals surface area contributed by atoms with E-state index in [1.807, 2.05) is 27.1 Å². The summed E-state index contributed by atoms with van der Waals surface area (Å²) in [6.45, 7) is 2.78. The summed E-state index contributed by atoms with van der Waals surface area (Å²) in [7, 11) is 5.39. The van der Waals surface area contributed by atoms with Crippen LogP contribution in [0.5, 0.6) is 5.75 Å². The number of nitrogens with one attached hydrogen (secondary N) is 3. The van der Waals surface area contributed by atoms with Gasteiger partial charge in [-0.25, -0.2) is 4.39 Å². The van der Waals surface area contributed by atoms with Gasteiger partial charge in [0.25, 0.3) is 0 Å². The summed E-state index contributed by atoms with van der Waals surface area (Å²) < 4.78 is 23.2. The van der Waals surface area contributed by atoms with E-state index in [-0.39, 0.29) is 5.82 Å². The lowest BCUT2D eigenvalue weighted by atomic mass is 9.88. The maximum atomic E-state index is 14.6. The molecule has 0 saturated carbocycles. The highest BCUT2D eigenvalue weighted by atomic mass is 32.2. The Kier molecular flexibility index (Phi) is 7.05. The molecule has 1 aliphatic heterocycles. The van der Waals surface area contributed by atoms with Crippen molar-refractivity contribution in [2.45, 2.75) is 13.5 Å². The average Bonchev–Trinajstić information content (AvgIpc) is 2.75. The third-order valence-corrected chi connectivity index (χ3v) is 5.52. The van der Waals surface area contributed by atoms with Gasteiger partial charge in [-0.3, -0.25) is 0 Å². The highest BCUT2D eigenvalue weighted by Gasteiger charge is 2.22. The monoisotopic (exact) mass is 426 g/mol. The van der Waals surface area contributed by atoms with Crippen LogP contribution in [0.15, 0.2) is 42.7 Å². The predicted molar refractivity (Wildman–Crippen MR) is 126 cm³/mol. The number of fused-ring (bicyclic) bond motifs is 1. The smallest absolute Gasteiger partial charge is 0.150 e. The van der Waals surface area contributed by atoms with Crippen molar-refractivity contribution in [2.24, 2.45) is 0 Å². The maximum absolute atomic E-state index is 14.6. The van der Waals surface area contributed by atoms with Crippen LogP contribution in [0.1, 0.15) is 29.2 Å². The van der Waals surface area contributed by atoms with Crippen molar-refractivity contribution >= 4 is 35.0 Å². The first-order valence-electron chi connectivity index (χ1n) is 9.71. The molecular formula is C23H27FN4OS. The standard InChI is InChI=1S/C23H27FN4OS/c1-5-30-27-22-9-19(23(29-4)10-21(22)24)20-14-28(3)13-16-7-6-15(8-18(16)20)17(11-25)12-26-2/h6-12,14,25-27H,5,13H2,1-4H3/b17-12+,25-11?. The van der Waals surface area contributed by atoms with Crippen molar-refractivity contribution in [1.82, 2.24) is 10.2 Å². The van der Waals surface area contributed by atoms with E-state index in [4.69, 9.17) is 10.1 Å². The fourth-order valence-electron chi connectivity index (χ4n) is 3.49. The zero-order valence-electron chi connectivity index (χ0n) is 17.7. The third kappa shape index (κ3) is 4.46. The molecule has 0 bridgehead atoms. The molecule has 2 aromatic rings. The van der Waals surface area contributed by atoms with Gasteiger partial charge in [0.2, 0.25) is 0 Å². The number of hydrogen-bond donors (Lipinski definition) is 3. The Morgan fingerprint density at radius 2 is 2.10 bits per heavy atom. The number of allylic oxidation sites excluding steroid dienone is 1. The van der Waals surface area contributed by atoms with Crippen LogP contribution < -0.4 is 14.8 Å². The Labute approximate surface area is 181 Å². The van der Waals surface area contributed by atoms with Crippen LogP contribution in [0.4, 0.5) is 10.1 Å². The summed E-state index contributed by atoms with van der Waals surface area (Å²) in [6, 6.07) is 9.43. The van der Waals surface area contributed by atoms with Crippen LogP contribution in [0.25, 0.3) is 11.1 Å². The molecule has 0 aliphatic carbocycles. The second-order valence-corrected chi connectivity index (χ2v) is 8.00. The number of halogens is 1. The SMILES string of the molecule is CCSNc1cc(C2=CN(C)Cc3ccc(/C(C=N)=C/NC)cc32)c(OC)cc1F. The van der Waals surface area contributed by atoms with Gasteiger partial charge in [0.1, 0.15) is 5.75 Å². The van der Waals surface area contributed by atoms with Gasteiger partial charge in [-0.15, -0.1) is 0 Å². The number of ether oxygens (including phenoxy) is 1. The zero-order valence-corrected chi connectivity index (χ0v) is 18.5. The molecule has 1 aliphatic rings. The molecule has 0 saturated heterocycles. The number of benzene rings is 2. The molecule has 1 heterocycles. The molecule has 0 unspecified atom stereocenters. The van der Waals surface area contributed by atoms with E-state index >= 15 is 0 Å². The van der Waals surface area contributed by atoms with Crippen LogP contribution in [-0.4, -0.2) is 38.1 Å². The lowest BCUT2D eigenvalue weighted by molar-refractivity contribution is 0.409. The molecule has 3 rings (SSSR count). The van der Waals surface area contributed by atoms with Gasteiger partial charge in [0, 0.05) is 67.8 Å². The van der Waals surface area contributed by atoms with Gasteiger partial charge in [-0.2, -0.15) is 0 Å². The van der Waals surface area contributed by atoms with Gasteiger partial charge >= 0.3 is 0 Å². The summed E-state index contributed by atoms with van der Waals surface area (Å²) in [4.78, 5) is 2.11. The van der Waals surface area contributed by atoms with Gasteiger partial charge in [-0.05, 0) is 28.8 Å². The summed E-state index contributed by atoms with van der Waals surface area (Å²) in [5, 5.41) is 10.7. The van der Waals surface area contributed by atoms with Gasteiger partial charge in [-0.1, -0.05) is 31.0 Å². The number of methoxy groups -OCH3 is 1. The minimum absolute atomic E-state index is 0.349. The van der Waals surface area contributed by atoms with Crippen LogP contribution in [-0.2, 0) is 6.54 Å². The minimum atomic E-state index is -0.349. The van der Waals surface area contributed by atoms with Crippen LogP contribution in [0.2, 0.25) is 0 Å². The molecule has 3 N–H and O–H groups in total. The van der Waals surface area contributed by atoms with Crippen LogP contribution in [0.3, 0.4) is 0 Å². The number of nitrogens with zero attached hydrogens (tertiary/aromatic N) is 1. The number of hydrogen-bond acceptors (Lipinski definition) is 6. The molecule has 0 amide bonds. The van der Waals surface area contributed by atoms with Crippen molar-refractivity contribution in [3.05, 3.63) is 70.8 Å². The molecule has 0 atom stereocenters. The minimum Gasteiger partial charge on any atom is -0.496 e. The van der Waals surface area contributed by atoms with Gasteiger partial charge in [0.05, 0.1) is 12.8 Å². The van der Waals surface area contributed by atoms with Crippen molar-refractivity contribution in [2.75, 3.05) is 31.7 Å². The molecule has 0 spiro atoms. The molecule has 2 aromatic carbocycles. The molecule has 0 radical (unpaired) electrons. The van der Waals surface area contributed by atoms with Crippen LogP contribution >= 0.6 is 11.9 Å². The molecule has 158 valence electrons. The van der Waals surface area contributed by atoms with Crippen molar-refractivity contribution in [1.29, 1.82) is 5.41 Å². The lowest BCUT2D eigenvalue weighted by Crippen LogP contribution is -2.18. The maximum Gasteiger partial charge on any atom is 0.150 e.